The van der Waals surface area contributed by atoms with Gasteiger partial charge in [-0.15, -0.1) is 0 Å². The highest BCUT2D eigenvalue weighted by atomic mass is 16.2. The number of hydrogen-bond donors (Lipinski definition) is 1. The Bertz CT molecular complexity index is 719. The van der Waals surface area contributed by atoms with Crippen molar-refractivity contribution in [2.45, 2.75) is 45.2 Å². The van der Waals surface area contributed by atoms with Gasteiger partial charge in [-0.1, -0.05) is 50.1 Å². The molecule has 7 heteroatoms. The molecule has 0 unspecified atom stereocenters. The van der Waals surface area contributed by atoms with Gasteiger partial charge in [0.15, 0.2) is 0 Å². The van der Waals surface area contributed by atoms with Crippen LogP contribution in [0.1, 0.15) is 38.2 Å². The van der Waals surface area contributed by atoms with E-state index in [2.05, 4.69) is 5.32 Å². The Kier molecular flexibility index (Phi) is 5.35. The maximum Gasteiger partial charge on any atom is 0.334 e. The summed E-state index contributed by atoms with van der Waals surface area (Å²) in [5.74, 6) is -2.04. The molecule has 1 saturated heterocycles. The Balaban J connectivity index is 1.62. The molecule has 1 N–H and O–H groups in total. The first kappa shape index (κ1) is 18.1. The fourth-order valence-electron chi connectivity index (χ4n) is 3.63. The monoisotopic (exact) mass is 357 g/mol. The Labute approximate surface area is 152 Å². The van der Waals surface area contributed by atoms with Crippen LogP contribution >= 0.6 is 0 Å². The van der Waals surface area contributed by atoms with E-state index in [9.17, 15) is 19.2 Å². The number of carbonyl (C=O) groups excluding carboxylic acids is 4. The molecule has 3 rings (SSSR count). The topological polar surface area (TPSA) is 86.8 Å². The molecule has 2 atom stereocenters. The zero-order valence-electron chi connectivity index (χ0n) is 14.8. The van der Waals surface area contributed by atoms with Crippen molar-refractivity contribution in [2.75, 3.05) is 6.54 Å². The van der Waals surface area contributed by atoms with Gasteiger partial charge in [-0.2, -0.15) is 0 Å². The van der Waals surface area contributed by atoms with Crippen LogP contribution in [0.5, 0.6) is 0 Å². The van der Waals surface area contributed by atoms with Crippen LogP contribution in [0.3, 0.4) is 0 Å². The molecule has 2 aliphatic rings. The van der Waals surface area contributed by atoms with Crippen LogP contribution in [0.25, 0.3) is 0 Å². The first-order valence-electron chi connectivity index (χ1n) is 8.98. The molecular weight excluding hydrogens is 334 g/mol. The molecule has 0 spiro atoms. The van der Waals surface area contributed by atoms with E-state index < -0.39 is 30.3 Å². The van der Waals surface area contributed by atoms with E-state index >= 15 is 0 Å². The summed E-state index contributed by atoms with van der Waals surface area (Å²) in [7, 11) is 0. The van der Waals surface area contributed by atoms with Crippen LogP contribution in [0, 0.1) is 5.92 Å². The van der Waals surface area contributed by atoms with Crippen molar-refractivity contribution in [3.63, 3.8) is 0 Å². The second-order valence-electron chi connectivity index (χ2n) is 6.94. The van der Waals surface area contributed by atoms with Crippen molar-refractivity contribution in [2.24, 2.45) is 5.92 Å². The minimum Gasteiger partial charge on any atom is -0.350 e. The minimum atomic E-state index is -0.914. The number of nitrogens with zero attached hydrogens (tertiary/aromatic N) is 2. The molecule has 0 bridgehead atoms. The van der Waals surface area contributed by atoms with E-state index in [1.165, 1.54) is 0 Å². The third kappa shape index (κ3) is 3.61. The summed E-state index contributed by atoms with van der Waals surface area (Å²) in [6, 6.07) is 8.39. The summed E-state index contributed by atoms with van der Waals surface area (Å²) in [6.45, 7) is 1.85. The van der Waals surface area contributed by atoms with E-state index in [0.717, 1.165) is 34.6 Å². The van der Waals surface area contributed by atoms with Gasteiger partial charge >= 0.3 is 17.8 Å². The molecule has 0 aromatic heterocycles. The van der Waals surface area contributed by atoms with Crippen LogP contribution in [0.2, 0.25) is 0 Å². The lowest BCUT2D eigenvalue weighted by atomic mass is 9.85. The van der Waals surface area contributed by atoms with Gasteiger partial charge in [-0.3, -0.25) is 19.3 Å². The zero-order valence-corrected chi connectivity index (χ0v) is 14.8. The third-order valence-electron chi connectivity index (χ3n) is 5.12. The maximum atomic E-state index is 12.6. The molecule has 2 fully saturated rings. The summed E-state index contributed by atoms with van der Waals surface area (Å²) >= 11 is 0. The number of nitrogens with one attached hydrogen (secondary N) is 1. The SMILES string of the molecule is C[C@@H]1CCCC[C@H]1N1C(=O)C(=O)N(CC(=O)NCc2ccccc2)C1=O. The molecule has 1 heterocycles. The number of rotatable bonds is 5. The summed E-state index contributed by atoms with van der Waals surface area (Å²) in [6.07, 6.45) is 3.62. The van der Waals surface area contributed by atoms with Crippen molar-refractivity contribution in [3.05, 3.63) is 35.9 Å². The van der Waals surface area contributed by atoms with E-state index in [4.69, 9.17) is 0 Å². The summed E-state index contributed by atoms with van der Waals surface area (Å²) in [4.78, 5) is 51.1. The van der Waals surface area contributed by atoms with Crippen molar-refractivity contribution >= 4 is 23.8 Å². The number of carbonyl (C=O) groups is 4. The molecular formula is C19H23N3O4. The van der Waals surface area contributed by atoms with E-state index in [-0.39, 0.29) is 12.0 Å². The summed E-state index contributed by atoms with van der Waals surface area (Å²) < 4.78 is 0. The van der Waals surface area contributed by atoms with Gasteiger partial charge < -0.3 is 5.32 Å². The average molecular weight is 357 g/mol. The molecule has 138 valence electrons. The minimum absolute atomic E-state index is 0.163. The van der Waals surface area contributed by atoms with Gasteiger partial charge in [0.1, 0.15) is 6.54 Å². The second kappa shape index (κ2) is 7.68. The Hall–Kier alpha value is -2.70. The number of urea groups is 1. The van der Waals surface area contributed by atoms with Crippen LogP contribution in [0.4, 0.5) is 4.79 Å². The Morgan fingerprint density at radius 2 is 1.77 bits per heavy atom. The van der Waals surface area contributed by atoms with Gasteiger partial charge in [-0.25, -0.2) is 9.69 Å². The molecule has 1 aromatic rings. The quantitative estimate of drug-likeness (QED) is 0.641. The van der Waals surface area contributed by atoms with E-state index in [0.29, 0.717) is 13.0 Å². The lowest BCUT2D eigenvalue weighted by molar-refractivity contribution is -0.145. The first-order valence-corrected chi connectivity index (χ1v) is 8.98. The van der Waals surface area contributed by atoms with Crippen LogP contribution in [-0.2, 0) is 20.9 Å². The summed E-state index contributed by atoms with van der Waals surface area (Å²) in [5, 5.41) is 2.67. The summed E-state index contributed by atoms with van der Waals surface area (Å²) in [5.41, 5.74) is 0.911. The maximum absolute atomic E-state index is 12.6. The largest absolute Gasteiger partial charge is 0.350 e. The predicted octanol–water partition coefficient (Wildman–Crippen LogP) is 1.67. The molecule has 0 radical (unpaired) electrons. The lowest BCUT2D eigenvalue weighted by Gasteiger charge is -2.34. The van der Waals surface area contributed by atoms with Crippen molar-refractivity contribution < 1.29 is 19.2 Å². The average Bonchev–Trinajstić information content (AvgIpc) is 2.85. The van der Waals surface area contributed by atoms with E-state index in [1.54, 1.807) is 0 Å². The molecule has 1 aliphatic carbocycles. The third-order valence-corrected chi connectivity index (χ3v) is 5.12. The van der Waals surface area contributed by atoms with Crippen LogP contribution < -0.4 is 5.32 Å². The smallest absolute Gasteiger partial charge is 0.334 e. The normalized spacial score (nSPS) is 23.5. The zero-order chi connectivity index (χ0) is 18.7. The van der Waals surface area contributed by atoms with Gasteiger partial charge in [0.2, 0.25) is 5.91 Å². The second-order valence-corrected chi connectivity index (χ2v) is 6.94. The van der Waals surface area contributed by atoms with Crippen molar-refractivity contribution in [1.82, 2.24) is 15.1 Å². The van der Waals surface area contributed by atoms with Gasteiger partial charge in [0.25, 0.3) is 0 Å². The lowest BCUT2D eigenvalue weighted by Crippen LogP contribution is -2.47. The first-order chi connectivity index (χ1) is 12.5. The standard InChI is InChI=1S/C19H23N3O4/c1-13-7-5-6-10-15(13)22-18(25)17(24)21(19(22)26)12-16(23)20-11-14-8-3-2-4-9-14/h2-4,8-9,13,15H,5-7,10-12H2,1H3,(H,20,23)/t13-,15-/m1/s1. The van der Waals surface area contributed by atoms with Crippen LogP contribution in [-0.4, -0.2) is 46.1 Å². The van der Waals surface area contributed by atoms with Crippen LogP contribution in [0.15, 0.2) is 30.3 Å². The van der Waals surface area contributed by atoms with Crippen molar-refractivity contribution in [3.8, 4) is 0 Å². The number of imide groups is 2. The highest BCUT2D eigenvalue weighted by Crippen LogP contribution is 2.31. The Morgan fingerprint density at radius 3 is 2.46 bits per heavy atom. The highest BCUT2D eigenvalue weighted by molar-refractivity contribution is 6.45. The molecule has 1 saturated carbocycles. The van der Waals surface area contributed by atoms with Gasteiger partial charge in [-0.05, 0) is 24.3 Å². The number of amides is 5. The number of benzene rings is 1. The fourth-order valence-corrected chi connectivity index (χ4v) is 3.63. The molecule has 7 nitrogen and oxygen atoms in total. The molecule has 5 amide bonds. The predicted molar refractivity (Wildman–Crippen MR) is 93.7 cm³/mol. The highest BCUT2D eigenvalue weighted by Gasteiger charge is 2.49. The molecule has 1 aliphatic heterocycles. The number of hydrogen-bond acceptors (Lipinski definition) is 4. The van der Waals surface area contributed by atoms with E-state index in [1.807, 2.05) is 37.3 Å². The molecule has 26 heavy (non-hydrogen) atoms. The fraction of sp³-hybridized carbons (Fsp3) is 0.474. The van der Waals surface area contributed by atoms with Gasteiger partial charge in [0, 0.05) is 12.6 Å². The molecule has 1 aromatic carbocycles. The van der Waals surface area contributed by atoms with Crippen molar-refractivity contribution in [1.29, 1.82) is 0 Å². The Morgan fingerprint density at radius 1 is 1.08 bits per heavy atom. The van der Waals surface area contributed by atoms with Gasteiger partial charge in [0.05, 0.1) is 0 Å².